The topological polar surface area (TPSA) is 149 Å². The number of allylic oxidation sites excluding steroid dienone is 11. The summed E-state index contributed by atoms with van der Waals surface area (Å²) in [6, 6.07) is -0.832. The summed E-state index contributed by atoms with van der Waals surface area (Å²) in [5.74, 6) is -0.205. The molecule has 1 aliphatic rings. The summed E-state index contributed by atoms with van der Waals surface area (Å²) in [4.78, 5) is 13.0. The molecule has 7 unspecified atom stereocenters. The number of carbonyl (C=O) groups excluding carboxylic acids is 1. The number of aliphatic hydroxyl groups is 5. The Hall–Kier alpha value is -2.37. The second-order valence-corrected chi connectivity index (χ2v) is 15.8. The lowest BCUT2D eigenvalue weighted by molar-refractivity contribution is -0.302. The van der Waals surface area contributed by atoms with Crippen LogP contribution in [0.5, 0.6) is 0 Å². The minimum absolute atomic E-state index is 0.205. The first-order valence-electron chi connectivity index (χ1n) is 23.2. The first-order valence-corrected chi connectivity index (χ1v) is 23.2. The van der Waals surface area contributed by atoms with Crippen molar-refractivity contribution in [3.05, 3.63) is 72.9 Å². The van der Waals surface area contributed by atoms with Gasteiger partial charge in [-0.2, -0.15) is 0 Å². The summed E-state index contributed by atoms with van der Waals surface area (Å²) < 4.78 is 11.2. The molecule has 0 aromatic rings. The summed E-state index contributed by atoms with van der Waals surface area (Å²) in [5.41, 5.74) is 0. The number of hydrogen-bond acceptors (Lipinski definition) is 8. The van der Waals surface area contributed by atoms with Crippen LogP contribution < -0.4 is 5.32 Å². The van der Waals surface area contributed by atoms with E-state index in [1.807, 2.05) is 6.08 Å². The highest BCUT2D eigenvalue weighted by Crippen LogP contribution is 2.22. The quantitative estimate of drug-likeness (QED) is 0.0268. The zero-order chi connectivity index (χ0) is 42.3. The number of rotatable bonds is 37. The van der Waals surface area contributed by atoms with E-state index in [0.29, 0.717) is 6.42 Å². The van der Waals surface area contributed by atoms with Crippen molar-refractivity contribution in [2.75, 3.05) is 13.2 Å². The van der Waals surface area contributed by atoms with E-state index in [1.165, 1.54) is 64.2 Å². The number of amides is 1. The molecule has 0 spiro atoms. The second-order valence-electron chi connectivity index (χ2n) is 15.8. The van der Waals surface area contributed by atoms with Crippen molar-refractivity contribution in [3.8, 4) is 0 Å². The first-order chi connectivity index (χ1) is 28.3. The van der Waals surface area contributed by atoms with Crippen LogP contribution in [0.4, 0.5) is 0 Å². The van der Waals surface area contributed by atoms with Gasteiger partial charge in [-0.1, -0.05) is 170 Å². The van der Waals surface area contributed by atoms with Gasteiger partial charge in [0, 0.05) is 6.42 Å². The predicted octanol–water partition coefficient (Wildman–Crippen LogP) is 9.78. The van der Waals surface area contributed by atoms with Gasteiger partial charge in [0.2, 0.25) is 5.91 Å². The Morgan fingerprint density at radius 1 is 0.603 bits per heavy atom. The van der Waals surface area contributed by atoms with Gasteiger partial charge in [-0.05, 0) is 70.6 Å². The van der Waals surface area contributed by atoms with E-state index >= 15 is 0 Å². The molecule has 0 saturated carbocycles. The van der Waals surface area contributed by atoms with Gasteiger partial charge in [-0.3, -0.25) is 4.79 Å². The summed E-state index contributed by atoms with van der Waals surface area (Å²) in [7, 11) is 0. The third kappa shape index (κ3) is 29.0. The van der Waals surface area contributed by atoms with Crippen LogP contribution in [-0.2, 0) is 14.3 Å². The van der Waals surface area contributed by atoms with Crippen LogP contribution in [0.15, 0.2) is 72.9 Å². The van der Waals surface area contributed by atoms with Crippen LogP contribution in [0.2, 0.25) is 0 Å². The van der Waals surface area contributed by atoms with Gasteiger partial charge < -0.3 is 40.3 Å². The number of nitrogens with one attached hydrogen (secondary N) is 1. The van der Waals surface area contributed by atoms with Crippen molar-refractivity contribution in [1.82, 2.24) is 5.32 Å². The fourth-order valence-corrected chi connectivity index (χ4v) is 6.81. The maximum atomic E-state index is 13.0. The molecule has 0 bridgehead atoms. The molecule has 9 heteroatoms. The number of ether oxygens (including phenoxy) is 2. The molecular weight excluding hydrogens is 731 g/mol. The summed E-state index contributed by atoms with van der Waals surface area (Å²) >= 11 is 0. The van der Waals surface area contributed by atoms with Gasteiger partial charge in [0.1, 0.15) is 24.4 Å². The van der Waals surface area contributed by atoms with Crippen LogP contribution in [0.1, 0.15) is 174 Å². The molecular formula is C49H85NO8. The zero-order valence-corrected chi connectivity index (χ0v) is 36.5. The Kier molecular flexibility index (Phi) is 35.9. The molecule has 0 aromatic heterocycles. The molecule has 7 atom stereocenters. The molecule has 1 heterocycles. The lowest BCUT2D eigenvalue weighted by atomic mass is 9.99. The SMILES string of the molecule is CC/C=C\C/C=C\C/C=C\C/C=C\CCCCCCCCC(=O)NC(COC1OC(CO)C(O)C(O)C1O)C(O)/C=C/CC/C=C/CCCCCCCCCCCC. The average Bonchev–Trinajstić information content (AvgIpc) is 3.22. The van der Waals surface area contributed by atoms with Gasteiger partial charge >= 0.3 is 0 Å². The summed E-state index contributed by atoms with van der Waals surface area (Å²) in [6.45, 7) is 3.62. The monoisotopic (exact) mass is 816 g/mol. The van der Waals surface area contributed by atoms with Gasteiger partial charge in [0.15, 0.2) is 6.29 Å². The molecule has 0 radical (unpaired) electrons. The molecule has 1 fully saturated rings. The Morgan fingerprint density at radius 2 is 1.09 bits per heavy atom. The fraction of sp³-hybridized carbons (Fsp3) is 0.735. The molecule has 1 amide bonds. The Labute approximate surface area is 353 Å². The zero-order valence-electron chi connectivity index (χ0n) is 36.5. The average molecular weight is 816 g/mol. The largest absolute Gasteiger partial charge is 0.394 e. The van der Waals surface area contributed by atoms with E-state index in [9.17, 15) is 30.3 Å². The molecule has 1 saturated heterocycles. The van der Waals surface area contributed by atoms with Crippen LogP contribution in [-0.4, -0.2) is 87.5 Å². The maximum absolute atomic E-state index is 13.0. The van der Waals surface area contributed by atoms with Gasteiger partial charge in [0.05, 0.1) is 25.4 Å². The standard InChI is InChI=1S/C49H85NO8/c1-3-5-7-9-11-13-15-17-19-21-22-23-25-27-29-31-33-35-37-39-45(53)50-42(41-57-49-48(56)47(55)46(54)44(40-51)58-49)43(52)38-36-34-32-30-28-26-24-20-18-16-14-12-10-8-6-4-2/h5,7,11,13,17,19,22-23,28,30,36,38,42-44,46-49,51-52,54-56H,3-4,6,8-10,12,14-16,18,20-21,24-27,29,31-35,37,39-41H2,1-2H3,(H,50,53)/b7-5-,13-11-,19-17-,23-22-,30-28+,38-36+. The Balaban J connectivity index is 2.40. The van der Waals surface area contributed by atoms with E-state index in [2.05, 4.69) is 79.9 Å². The van der Waals surface area contributed by atoms with E-state index in [0.717, 1.165) is 89.9 Å². The first kappa shape index (κ1) is 53.6. The summed E-state index contributed by atoms with van der Waals surface area (Å²) in [6.07, 6.45) is 45.1. The highest BCUT2D eigenvalue weighted by Gasteiger charge is 2.44. The minimum Gasteiger partial charge on any atom is -0.394 e. The van der Waals surface area contributed by atoms with Gasteiger partial charge in [-0.25, -0.2) is 0 Å². The second kappa shape index (κ2) is 38.8. The van der Waals surface area contributed by atoms with E-state index in [4.69, 9.17) is 9.47 Å². The third-order valence-electron chi connectivity index (χ3n) is 10.5. The fourth-order valence-electron chi connectivity index (χ4n) is 6.81. The maximum Gasteiger partial charge on any atom is 0.220 e. The number of aliphatic hydroxyl groups excluding tert-OH is 5. The van der Waals surface area contributed by atoms with Gasteiger partial charge in [0.25, 0.3) is 0 Å². The smallest absolute Gasteiger partial charge is 0.220 e. The molecule has 58 heavy (non-hydrogen) atoms. The number of carbonyl (C=O) groups is 1. The number of hydrogen-bond donors (Lipinski definition) is 6. The molecule has 334 valence electrons. The van der Waals surface area contributed by atoms with Crippen LogP contribution >= 0.6 is 0 Å². The summed E-state index contributed by atoms with van der Waals surface area (Å²) in [5, 5.41) is 54.2. The third-order valence-corrected chi connectivity index (χ3v) is 10.5. The van der Waals surface area contributed by atoms with Crippen LogP contribution in [0, 0.1) is 0 Å². The van der Waals surface area contributed by atoms with E-state index < -0.39 is 49.5 Å². The lowest BCUT2D eigenvalue weighted by Crippen LogP contribution is -2.60. The Morgan fingerprint density at radius 3 is 1.66 bits per heavy atom. The molecule has 6 N–H and O–H groups in total. The lowest BCUT2D eigenvalue weighted by Gasteiger charge is -2.40. The van der Waals surface area contributed by atoms with Crippen molar-refractivity contribution < 1.29 is 39.8 Å². The van der Waals surface area contributed by atoms with Crippen LogP contribution in [0.3, 0.4) is 0 Å². The van der Waals surface area contributed by atoms with E-state index in [1.54, 1.807) is 6.08 Å². The minimum atomic E-state index is -1.58. The molecule has 0 aromatic carbocycles. The number of unbranched alkanes of at least 4 members (excludes halogenated alkanes) is 17. The molecule has 0 aliphatic carbocycles. The van der Waals surface area contributed by atoms with Crippen molar-refractivity contribution in [1.29, 1.82) is 0 Å². The molecule has 9 nitrogen and oxygen atoms in total. The van der Waals surface area contributed by atoms with Crippen molar-refractivity contribution in [2.45, 2.75) is 217 Å². The Bertz CT molecular complexity index is 1130. The molecule has 1 rings (SSSR count). The van der Waals surface area contributed by atoms with Crippen molar-refractivity contribution in [3.63, 3.8) is 0 Å². The molecule has 1 aliphatic heterocycles. The van der Waals surface area contributed by atoms with E-state index in [-0.39, 0.29) is 12.5 Å². The van der Waals surface area contributed by atoms with Crippen molar-refractivity contribution in [2.24, 2.45) is 0 Å². The van der Waals surface area contributed by atoms with Crippen molar-refractivity contribution >= 4 is 5.91 Å². The van der Waals surface area contributed by atoms with Crippen LogP contribution in [0.25, 0.3) is 0 Å². The normalized spacial score (nSPS) is 21.5. The highest BCUT2D eigenvalue weighted by molar-refractivity contribution is 5.76. The highest BCUT2D eigenvalue weighted by atomic mass is 16.7. The predicted molar refractivity (Wildman–Crippen MR) is 239 cm³/mol. The van der Waals surface area contributed by atoms with Gasteiger partial charge in [-0.15, -0.1) is 0 Å².